The van der Waals surface area contributed by atoms with Gasteiger partial charge in [0.05, 0.1) is 0 Å². The lowest BCUT2D eigenvalue weighted by molar-refractivity contribution is 0.113. The minimum atomic E-state index is 0.702. The molecule has 1 aliphatic carbocycles. The molecule has 0 N–H and O–H groups in total. The first kappa shape index (κ1) is 14.2. The maximum Gasteiger partial charge on any atom is 0.120 e. The van der Waals surface area contributed by atoms with E-state index in [0.29, 0.717) is 5.88 Å². The Kier molecular flexibility index (Phi) is 5.80. The molecule has 0 bridgehead atoms. The van der Waals surface area contributed by atoms with Gasteiger partial charge in [-0.15, -0.1) is 11.6 Å². The highest BCUT2D eigenvalue weighted by atomic mass is 79.9. The van der Waals surface area contributed by atoms with E-state index in [1.54, 1.807) is 0 Å². The molecular formula is C14H19BrClNO. The van der Waals surface area contributed by atoms with Crippen LogP contribution in [0.5, 0.6) is 5.75 Å². The minimum Gasteiger partial charge on any atom is -0.492 e. The van der Waals surface area contributed by atoms with Crippen LogP contribution in [-0.4, -0.2) is 36.5 Å². The average molecular weight is 333 g/mol. The van der Waals surface area contributed by atoms with Crippen molar-refractivity contribution in [1.29, 1.82) is 0 Å². The summed E-state index contributed by atoms with van der Waals surface area (Å²) < 4.78 is 6.82. The fraction of sp³-hybridized carbons (Fsp3) is 0.571. The maximum atomic E-state index is 5.85. The summed E-state index contributed by atoms with van der Waals surface area (Å²) in [5.41, 5.74) is 0. The van der Waals surface area contributed by atoms with E-state index in [-0.39, 0.29) is 0 Å². The molecule has 1 aromatic carbocycles. The van der Waals surface area contributed by atoms with Gasteiger partial charge in [0.1, 0.15) is 12.4 Å². The van der Waals surface area contributed by atoms with Gasteiger partial charge in [0.25, 0.3) is 0 Å². The molecule has 0 aliphatic heterocycles. The van der Waals surface area contributed by atoms with Gasteiger partial charge in [-0.25, -0.2) is 0 Å². The van der Waals surface area contributed by atoms with Gasteiger partial charge < -0.3 is 4.74 Å². The summed E-state index contributed by atoms with van der Waals surface area (Å²) in [6.45, 7) is 2.65. The van der Waals surface area contributed by atoms with Gasteiger partial charge >= 0.3 is 0 Å². The van der Waals surface area contributed by atoms with Crippen LogP contribution in [-0.2, 0) is 0 Å². The van der Waals surface area contributed by atoms with Gasteiger partial charge in [0.15, 0.2) is 0 Å². The topological polar surface area (TPSA) is 12.5 Å². The van der Waals surface area contributed by atoms with Gasteiger partial charge in [-0.1, -0.05) is 28.4 Å². The van der Waals surface area contributed by atoms with E-state index in [2.05, 4.69) is 20.8 Å². The molecule has 1 saturated carbocycles. The summed E-state index contributed by atoms with van der Waals surface area (Å²) in [5, 5.41) is 0. The average Bonchev–Trinajstić information content (AvgIpc) is 2.27. The van der Waals surface area contributed by atoms with Crippen molar-refractivity contribution in [3.05, 3.63) is 28.7 Å². The first-order valence-electron chi connectivity index (χ1n) is 6.48. The lowest BCUT2D eigenvalue weighted by atomic mass is 9.91. The highest BCUT2D eigenvalue weighted by Gasteiger charge is 2.23. The summed E-state index contributed by atoms with van der Waals surface area (Å²) in [6.07, 6.45) is 3.98. The predicted octanol–water partition coefficient (Wildman–Crippen LogP) is 3.92. The second-order valence-electron chi connectivity index (χ2n) is 4.62. The third kappa shape index (κ3) is 4.15. The SMILES string of the molecule is ClCCN(CCOc1cccc(Br)c1)C1CCC1. The highest BCUT2D eigenvalue weighted by molar-refractivity contribution is 9.10. The largest absolute Gasteiger partial charge is 0.492 e. The Morgan fingerprint density at radius 1 is 1.33 bits per heavy atom. The number of ether oxygens (including phenoxy) is 1. The van der Waals surface area contributed by atoms with Crippen molar-refractivity contribution in [2.24, 2.45) is 0 Å². The zero-order valence-corrected chi connectivity index (χ0v) is 12.8. The summed E-state index contributed by atoms with van der Waals surface area (Å²) >= 11 is 9.29. The van der Waals surface area contributed by atoms with E-state index in [1.807, 2.05) is 24.3 Å². The Bertz CT molecular complexity index is 371. The first-order chi connectivity index (χ1) is 8.79. The second-order valence-corrected chi connectivity index (χ2v) is 5.91. The molecule has 0 amide bonds. The van der Waals surface area contributed by atoms with Crippen molar-refractivity contribution in [3.63, 3.8) is 0 Å². The molecule has 0 atom stereocenters. The number of nitrogens with zero attached hydrogens (tertiary/aromatic N) is 1. The zero-order valence-electron chi connectivity index (χ0n) is 10.4. The van der Waals surface area contributed by atoms with Gasteiger partial charge in [0, 0.05) is 29.5 Å². The van der Waals surface area contributed by atoms with Gasteiger partial charge in [-0.05, 0) is 31.0 Å². The fourth-order valence-electron chi connectivity index (χ4n) is 2.17. The molecule has 0 aromatic heterocycles. The van der Waals surface area contributed by atoms with Crippen molar-refractivity contribution in [1.82, 2.24) is 4.90 Å². The molecule has 0 saturated heterocycles. The van der Waals surface area contributed by atoms with Crippen molar-refractivity contribution in [2.75, 3.05) is 25.6 Å². The molecule has 0 radical (unpaired) electrons. The summed E-state index contributed by atoms with van der Waals surface area (Å²) in [7, 11) is 0. The molecule has 1 aliphatic rings. The second kappa shape index (κ2) is 7.37. The molecule has 1 aromatic rings. The molecule has 4 heteroatoms. The number of hydrogen-bond donors (Lipinski definition) is 0. The molecular weight excluding hydrogens is 314 g/mol. The smallest absolute Gasteiger partial charge is 0.120 e. The monoisotopic (exact) mass is 331 g/mol. The quantitative estimate of drug-likeness (QED) is 0.702. The lowest BCUT2D eigenvalue weighted by Crippen LogP contribution is -2.43. The van der Waals surface area contributed by atoms with Crippen LogP contribution in [0, 0.1) is 0 Å². The highest BCUT2D eigenvalue weighted by Crippen LogP contribution is 2.24. The molecule has 2 nitrogen and oxygen atoms in total. The molecule has 18 heavy (non-hydrogen) atoms. The molecule has 0 spiro atoms. The standard InChI is InChI=1S/C14H19BrClNO/c15-12-3-1-6-14(11-12)18-10-9-17(8-7-16)13-4-2-5-13/h1,3,6,11,13H,2,4-5,7-10H2. The van der Waals surface area contributed by atoms with Crippen molar-refractivity contribution < 1.29 is 4.74 Å². The normalized spacial score (nSPS) is 15.7. The Morgan fingerprint density at radius 2 is 2.17 bits per heavy atom. The van der Waals surface area contributed by atoms with E-state index in [4.69, 9.17) is 16.3 Å². The first-order valence-corrected chi connectivity index (χ1v) is 7.81. The Morgan fingerprint density at radius 3 is 2.78 bits per heavy atom. The third-order valence-corrected chi connectivity index (χ3v) is 4.07. The van der Waals surface area contributed by atoms with Crippen LogP contribution < -0.4 is 4.74 Å². The predicted molar refractivity (Wildman–Crippen MR) is 79.6 cm³/mol. The number of benzene rings is 1. The van der Waals surface area contributed by atoms with Crippen LogP contribution in [0.1, 0.15) is 19.3 Å². The van der Waals surface area contributed by atoms with Crippen molar-refractivity contribution >= 4 is 27.5 Å². The van der Waals surface area contributed by atoms with Gasteiger partial charge in [-0.3, -0.25) is 4.90 Å². The molecule has 2 rings (SSSR count). The van der Waals surface area contributed by atoms with Crippen LogP contribution in [0.4, 0.5) is 0 Å². The number of halogens is 2. The summed E-state index contributed by atoms with van der Waals surface area (Å²) in [5.74, 6) is 1.62. The van der Waals surface area contributed by atoms with Crippen LogP contribution in [0.2, 0.25) is 0 Å². The minimum absolute atomic E-state index is 0.702. The number of alkyl halides is 1. The Labute approximate surface area is 122 Å². The van der Waals surface area contributed by atoms with E-state index in [1.165, 1.54) is 19.3 Å². The van der Waals surface area contributed by atoms with E-state index >= 15 is 0 Å². The van der Waals surface area contributed by atoms with Crippen LogP contribution in [0.15, 0.2) is 28.7 Å². The van der Waals surface area contributed by atoms with Crippen LogP contribution >= 0.6 is 27.5 Å². The molecule has 1 fully saturated rings. The van der Waals surface area contributed by atoms with Crippen LogP contribution in [0.3, 0.4) is 0 Å². The third-order valence-electron chi connectivity index (χ3n) is 3.41. The lowest BCUT2D eigenvalue weighted by Gasteiger charge is -2.37. The zero-order chi connectivity index (χ0) is 12.8. The Hall–Kier alpha value is -0.250. The van der Waals surface area contributed by atoms with Crippen LogP contribution in [0.25, 0.3) is 0 Å². The fourth-order valence-corrected chi connectivity index (χ4v) is 2.77. The van der Waals surface area contributed by atoms with Gasteiger partial charge in [0.2, 0.25) is 0 Å². The summed E-state index contributed by atoms with van der Waals surface area (Å²) in [4.78, 5) is 2.45. The van der Waals surface area contributed by atoms with E-state index < -0.39 is 0 Å². The molecule has 0 heterocycles. The Balaban J connectivity index is 1.75. The molecule has 0 unspecified atom stereocenters. The molecule has 100 valence electrons. The van der Waals surface area contributed by atoms with Crippen molar-refractivity contribution in [2.45, 2.75) is 25.3 Å². The van der Waals surface area contributed by atoms with E-state index in [9.17, 15) is 0 Å². The van der Waals surface area contributed by atoms with Gasteiger partial charge in [-0.2, -0.15) is 0 Å². The van der Waals surface area contributed by atoms with Crippen molar-refractivity contribution in [3.8, 4) is 5.75 Å². The summed E-state index contributed by atoms with van der Waals surface area (Å²) in [6, 6.07) is 8.70. The maximum absolute atomic E-state index is 5.85. The number of hydrogen-bond acceptors (Lipinski definition) is 2. The van der Waals surface area contributed by atoms with E-state index in [0.717, 1.165) is 36.0 Å². The number of rotatable bonds is 7.